The zero-order chi connectivity index (χ0) is 21.3. The first kappa shape index (κ1) is 19.3. The molecule has 1 amide bonds. The van der Waals surface area contributed by atoms with Gasteiger partial charge in [0.2, 0.25) is 0 Å². The molecule has 150 valence electrons. The van der Waals surface area contributed by atoms with E-state index in [1.165, 1.54) is 24.1 Å². The Morgan fingerprint density at radius 3 is 2.30 bits per heavy atom. The molecule has 0 spiro atoms. The highest BCUT2D eigenvalue weighted by atomic mass is 19.1. The minimum atomic E-state index is -0.457. The minimum Gasteiger partial charge on any atom is -0.465 e. The third-order valence-electron chi connectivity index (χ3n) is 4.91. The average molecular weight is 403 g/mol. The van der Waals surface area contributed by atoms with Gasteiger partial charge in [0.1, 0.15) is 5.82 Å². The van der Waals surface area contributed by atoms with Crippen LogP contribution in [-0.4, -0.2) is 36.2 Å². The van der Waals surface area contributed by atoms with Crippen molar-refractivity contribution in [2.24, 2.45) is 0 Å². The lowest BCUT2D eigenvalue weighted by Crippen LogP contribution is -2.26. The summed E-state index contributed by atoms with van der Waals surface area (Å²) in [4.78, 5) is 26.0. The number of anilines is 1. The summed E-state index contributed by atoms with van der Waals surface area (Å²) in [5.74, 6) is -0.999. The van der Waals surface area contributed by atoms with E-state index in [4.69, 9.17) is 0 Å². The van der Waals surface area contributed by atoms with Crippen LogP contribution in [-0.2, 0) is 4.74 Å². The molecule has 4 rings (SSSR count). The molecule has 0 atom stereocenters. The number of carbonyl (C=O) groups excluding carboxylic acids is 2. The number of aromatic nitrogens is 2. The molecule has 0 aliphatic carbocycles. The van der Waals surface area contributed by atoms with Gasteiger partial charge in [0.25, 0.3) is 5.91 Å². The van der Waals surface area contributed by atoms with Gasteiger partial charge in [-0.1, -0.05) is 0 Å². The van der Waals surface area contributed by atoms with Crippen molar-refractivity contribution in [3.05, 3.63) is 83.7 Å². The predicted octanol–water partition coefficient (Wildman–Crippen LogP) is 4.43. The number of fused-ring (bicyclic) bond motifs is 1. The summed E-state index contributed by atoms with van der Waals surface area (Å²) in [7, 11) is 2.98. The molecular formula is C23H18FN3O3. The highest BCUT2D eigenvalue weighted by Crippen LogP contribution is 2.30. The first-order chi connectivity index (χ1) is 14.5. The fraction of sp³-hybridized carbons (Fsp3) is 0.0870. The summed E-state index contributed by atoms with van der Waals surface area (Å²) in [6.45, 7) is 0. The van der Waals surface area contributed by atoms with Crippen molar-refractivity contribution in [1.29, 1.82) is 0 Å². The van der Waals surface area contributed by atoms with E-state index < -0.39 is 5.97 Å². The highest BCUT2D eigenvalue weighted by Gasteiger charge is 2.17. The number of amides is 1. The number of aromatic amines is 1. The molecule has 0 aliphatic heterocycles. The van der Waals surface area contributed by atoms with Gasteiger partial charge in [0.05, 0.1) is 23.9 Å². The second-order valence-electron chi connectivity index (χ2n) is 6.74. The fourth-order valence-corrected chi connectivity index (χ4v) is 3.22. The maximum absolute atomic E-state index is 13.3. The molecular weight excluding hydrogens is 385 g/mol. The number of nitrogens with one attached hydrogen (secondary N) is 1. The largest absolute Gasteiger partial charge is 0.465 e. The van der Waals surface area contributed by atoms with Gasteiger partial charge in [-0.3, -0.25) is 9.89 Å². The van der Waals surface area contributed by atoms with Crippen molar-refractivity contribution >= 4 is 28.5 Å². The fourth-order valence-electron chi connectivity index (χ4n) is 3.22. The van der Waals surface area contributed by atoms with Crippen LogP contribution in [0.4, 0.5) is 10.1 Å². The van der Waals surface area contributed by atoms with E-state index in [1.54, 1.807) is 43.4 Å². The van der Waals surface area contributed by atoms with Gasteiger partial charge in [-0.2, -0.15) is 5.10 Å². The zero-order valence-electron chi connectivity index (χ0n) is 16.3. The van der Waals surface area contributed by atoms with Crippen LogP contribution in [0.15, 0.2) is 66.7 Å². The molecule has 1 aromatic heterocycles. The van der Waals surface area contributed by atoms with Gasteiger partial charge in [-0.25, -0.2) is 9.18 Å². The Labute approximate surface area is 171 Å². The Kier molecular flexibility index (Phi) is 5.02. The van der Waals surface area contributed by atoms with Gasteiger partial charge < -0.3 is 9.64 Å². The number of H-pyrrole nitrogens is 1. The number of benzene rings is 3. The Balaban J connectivity index is 1.65. The molecule has 6 nitrogen and oxygen atoms in total. The molecule has 1 heterocycles. The average Bonchev–Trinajstić information content (AvgIpc) is 3.21. The number of carbonyl (C=O) groups is 2. The highest BCUT2D eigenvalue weighted by molar-refractivity contribution is 6.07. The third kappa shape index (κ3) is 3.53. The molecule has 7 heteroatoms. The first-order valence-electron chi connectivity index (χ1n) is 9.18. The van der Waals surface area contributed by atoms with E-state index in [2.05, 4.69) is 14.9 Å². The minimum absolute atomic E-state index is 0.224. The molecule has 0 bridgehead atoms. The van der Waals surface area contributed by atoms with E-state index in [0.717, 1.165) is 16.5 Å². The molecule has 30 heavy (non-hydrogen) atoms. The Morgan fingerprint density at radius 1 is 0.967 bits per heavy atom. The standard InChI is InChI=1S/C23H18FN3O3/c1-27(22(28)15-3-5-16(6-4-15)23(29)30-2)18-11-12-20-19(13-18)21(26-25-20)14-7-9-17(24)10-8-14/h3-13H,1-2H3,(H,25,26). The number of rotatable bonds is 4. The van der Waals surface area contributed by atoms with Crippen LogP contribution in [0.1, 0.15) is 20.7 Å². The molecule has 4 aromatic rings. The number of halogens is 1. The molecule has 0 saturated heterocycles. The third-order valence-corrected chi connectivity index (χ3v) is 4.91. The smallest absolute Gasteiger partial charge is 0.337 e. The summed E-state index contributed by atoms with van der Waals surface area (Å²) in [5, 5.41) is 8.12. The summed E-state index contributed by atoms with van der Waals surface area (Å²) in [6.07, 6.45) is 0. The predicted molar refractivity (Wildman–Crippen MR) is 112 cm³/mol. The first-order valence-corrected chi connectivity index (χ1v) is 9.18. The van der Waals surface area contributed by atoms with Crippen molar-refractivity contribution in [2.75, 3.05) is 19.1 Å². The topological polar surface area (TPSA) is 75.3 Å². The van der Waals surface area contributed by atoms with Crippen LogP contribution >= 0.6 is 0 Å². The number of esters is 1. The Bertz CT molecular complexity index is 1230. The van der Waals surface area contributed by atoms with E-state index in [-0.39, 0.29) is 11.7 Å². The molecule has 3 aromatic carbocycles. The Morgan fingerprint density at radius 2 is 1.63 bits per heavy atom. The molecule has 0 unspecified atom stereocenters. The van der Waals surface area contributed by atoms with Crippen molar-refractivity contribution < 1.29 is 18.7 Å². The molecule has 0 fully saturated rings. The van der Waals surface area contributed by atoms with Crippen LogP contribution in [0.2, 0.25) is 0 Å². The van der Waals surface area contributed by atoms with Crippen LogP contribution in [0.3, 0.4) is 0 Å². The number of ether oxygens (including phenoxy) is 1. The van der Waals surface area contributed by atoms with Crippen LogP contribution in [0.5, 0.6) is 0 Å². The zero-order valence-corrected chi connectivity index (χ0v) is 16.3. The lowest BCUT2D eigenvalue weighted by atomic mass is 10.1. The van der Waals surface area contributed by atoms with E-state index >= 15 is 0 Å². The van der Waals surface area contributed by atoms with Crippen molar-refractivity contribution in [1.82, 2.24) is 10.2 Å². The summed E-state index contributed by atoms with van der Waals surface area (Å²) in [6, 6.07) is 17.9. The molecule has 0 aliphatic rings. The number of hydrogen-bond acceptors (Lipinski definition) is 4. The normalized spacial score (nSPS) is 10.8. The summed E-state index contributed by atoms with van der Waals surface area (Å²) >= 11 is 0. The summed E-state index contributed by atoms with van der Waals surface area (Å²) in [5.41, 5.74) is 3.75. The van der Waals surface area contributed by atoms with Crippen molar-refractivity contribution in [2.45, 2.75) is 0 Å². The molecule has 1 N–H and O–H groups in total. The molecule has 0 saturated carbocycles. The van der Waals surface area contributed by atoms with Crippen LogP contribution in [0, 0.1) is 5.82 Å². The number of methoxy groups -OCH3 is 1. The monoisotopic (exact) mass is 403 g/mol. The maximum atomic E-state index is 13.3. The second kappa shape index (κ2) is 7.79. The number of hydrogen-bond donors (Lipinski definition) is 1. The lowest BCUT2D eigenvalue weighted by Gasteiger charge is -2.18. The van der Waals surface area contributed by atoms with Gasteiger partial charge in [0, 0.05) is 29.2 Å². The van der Waals surface area contributed by atoms with Crippen molar-refractivity contribution in [3.8, 4) is 11.3 Å². The number of nitrogens with zero attached hydrogens (tertiary/aromatic N) is 2. The quantitative estimate of drug-likeness (QED) is 0.512. The summed E-state index contributed by atoms with van der Waals surface area (Å²) < 4.78 is 17.9. The maximum Gasteiger partial charge on any atom is 0.337 e. The van der Waals surface area contributed by atoms with Crippen LogP contribution < -0.4 is 4.90 Å². The van der Waals surface area contributed by atoms with Crippen molar-refractivity contribution in [3.63, 3.8) is 0 Å². The second-order valence-corrected chi connectivity index (χ2v) is 6.74. The lowest BCUT2D eigenvalue weighted by molar-refractivity contribution is 0.0600. The van der Waals surface area contributed by atoms with Crippen LogP contribution in [0.25, 0.3) is 22.2 Å². The Hall–Kier alpha value is -4.00. The molecule has 0 radical (unpaired) electrons. The van der Waals surface area contributed by atoms with Gasteiger partial charge in [-0.05, 0) is 66.7 Å². The van der Waals surface area contributed by atoms with E-state index in [0.29, 0.717) is 22.5 Å². The van der Waals surface area contributed by atoms with Gasteiger partial charge >= 0.3 is 5.97 Å². The van der Waals surface area contributed by atoms with E-state index in [1.807, 2.05) is 18.2 Å². The van der Waals surface area contributed by atoms with E-state index in [9.17, 15) is 14.0 Å². The van der Waals surface area contributed by atoms with Gasteiger partial charge in [0.15, 0.2) is 0 Å². The van der Waals surface area contributed by atoms with Gasteiger partial charge in [-0.15, -0.1) is 0 Å². The SMILES string of the molecule is COC(=O)c1ccc(C(=O)N(C)c2ccc3[nH]nc(-c4ccc(F)cc4)c3c2)cc1.